The van der Waals surface area contributed by atoms with Crippen molar-refractivity contribution < 1.29 is 10.2 Å². The zero-order valence-corrected chi connectivity index (χ0v) is 23.1. The number of aliphatic hydroxyl groups is 2. The lowest BCUT2D eigenvalue weighted by Gasteiger charge is -2.42. The normalized spacial score (nSPS) is 29.3. The van der Waals surface area contributed by atoms with E-state index in [1.165, 1.54) is 31.3 Å². The van der Waals surface area contributed by atoms with Gasteiger partial charge in [0.15, 0.2) is 0 Å². The van der Waals surface area contributed by atoms with E-state index < -0.39 is 12.2 Å². The maximum absolute atomic E-state index is 10.4. The average molecular weight is 483 g/mol. The molecule has 0 aromatic carbocycles. The van der Waals surface area contributed by atoms with Crippen LogP contribution in [0.5, 0.6) is 0 Å². The van der Waals surface area contributed by atoms with Gasteiger partial charge in [-0.1, -0.05) is 81.0 Å². The first-order chi connectivity index (χ1) is 16.9. The Bertz CT molecular complexity index is 713. The predicted octanol–water partition coefficient (Wildman–Crippen LogP) is 8.73. The third-order valence-electron chi connectivity index (χ3n) is 8.11. The maximum atomic E-state index is 10.4. The third kappa shape index (κ3) is 11.5. The van der Waals surface area contributed by atoms with Crippen LogP contribution in [0.3, 0.4) is 0 Å². The van der Waals surface area contributed by atoms with Crippen molar-refractivity contribution in [1.29, 1.82) is 0 Å². The quantitative estimate of drug-likeness (QED) is 0.181. The molecule has 0 bridgehead atoms. The average Bonchev–Trinajstić information content (AvgIpc) is 2.84. The van der Waals surface area contributed by atoms with Gasteiger partial charge in [-0.2, -0.15) is 0 Å². The standard InChI is InChI=1S/C33H54O2/c1-5-6-7-8-9-11-14-17-26(2)18-15-12-10-13-16-19-27(3)20-21-29-25-30-22-23-32(34)33(35)31(30)24-28(29)4/h6-7,11,13-16,18,24,26-27,29-35H,5,8-10,12,17,19-23,25H2,1-4H3/b7-6+,14-11+,16-13+,18-15+. The first kappa shape index (κ1) is 29.8. The van der Waals surface area contributed by atoms with E-state index in [-0.39, 0.29) is 5.92 Å². The molecule has 2 aliphatic carbocycles. The van der Waals surface area contributed by atoms with E-state index in [2.05, 4.69) is 82.4 Å². The number of aliphatic hydroxyl groups excluding tert-OH is 2. The monoisotopic (exact) mass is 482 g/mol. The SMILES string of the molecule is CC/C=C/CC/C=C/CC(C)/C=C/CC/C=C/CC(C)CCC1CC2CCC(O)C(O)C2C=C1C. The molecular weight excluding hydrogens is 428 g/mol. The molecule has 2 heteroatoms. The van der Waals surface area contributed by atoms with Crippen LogP contribution < -0.4 is 0 Å². The molecule has 0 aliphatic heterocycles. The van der Waals surface area contributed by atoms with Crippen LogP contribution in [0, 0.1) is 29.6 Å². The van der Waals surface area contributed by atoms with Crippen LogP contribution in [0.25, 0.3) is 0 Å². The van der Waals surface area contributed by atoms with Crippen LogP contribution in [-0.2, 0) is 0 Å². The van der Waals surface area contributed by atoms with E-state index in [4.69, 9.17) is 0 Å². The zero-order chi connectivity index (χ0) is 25.5. The second-order valence-corrected chi connectivity index (χ2v) is 11.4. The highest BCUT2D eigenvalue weighted by Gasteiger charge is 2.40. The highest BCUT2D eigenvalue weighted by molar-refractivity contribution is 5.15. The molecule has 2 nitrogen and oxygen atoms in total. The summed E-state index contributed by atoms with van der Waals surface area (Å²) in [5, 5.41) is 20.4. The number of fused-ring (bicyclic) bond motifs is 1. The minimum Gasteiger partial charge on any atom is -0.390 e. The summed E-state index contributed by atoms with van der Waals surface area (Å²) < 4.78 is 0. The molecule has 2 rings (SSSR count). The molecule has 0 heterocycles. The molecule has 0 aromatic heterocycles. The molecule has 7 atom stereocenters. The third-order valence-corrected chi connectivity index (χ3v) is 8.11. The number of rotatable bonds is 15. The Morgan fingerprint density at radius 3 is 2.26 bits per heavy atom. The van der Waals surface area contributed by atoms with Gasteiger partial charge in [0.05, 0.1) is 12.2 Å². The molecule has 1 fully saturated rings. The Morgan fingerprint density at radius 2 is 1.54 bits per heavy atom. The van der Waals surface area contributed by atoms with E-state index in [1.807, 2.05) is 0 Å². The summed E-state index contributed by atoms with van der Waals surface area (Å²) in [7, 11) is 0. The number of allylic oxidation sites excluding steroid dienone is 9. The fourth-order valence-electron chi connectivity index (χ4n) is 5.68. The predicted molar refractivity (Wildman–Crippen MR) is 152 cm³/mol. The van der Waals surface area contributed by atoms with Gasteiger partial charge in [0, 0.05) is 5.92 Å². The van der Waals surface area contributed by atoms with Crippen molar-refractivity contribution in [3.63, 3.8) is 0 Å². The molecule has 1 saturated carbocycles. The van der Waals surface area contributed by atoms with Crippen molar-refractivity contribution >= 4 is 0 Å². The second-order valence-electron chi connectivity index (χ2n) is 11.4. The molecular formula is C33H54O2. The fraction of sp³-hybridized carbons (Fsp3) is 0.697. The number of unbranched alkanes of at least 4 members (excludes halogenated alkanes) is 2. The highest BCUT2D eigenvalue weighted by Crippen LogP contribution is 2.43. The van der Waals surface area contributed by atoms with Gasteiger partial charge in [-0.25, -0.2) is 0 Å². The van der Waals surface area contributed by atoms with Gasteiger partial charge in [-0.3, -0.25) is 0 Å². The molecule has 7 unspecified atom stereocenters. The highest BCUT2D eigenvalue weighted by atomic mass is 16.3. The summed E-state index contributed by atoms with van der Waals surface area (Å²) in [5.41, 5.74) is 1.43. The molecule has 0 aromatic rings. The largest absolute Gasteiger partial charge is 0.390 e. The molecule has 2 N–H and O–H groups in total. The van der Waals surface area contributed by atoms with Crippen LogP contribution in [0.2, 0.25) is 0 Å². The van der Waals surface area contributed by atoms with Gasteiger partial charge in [0.1, 0.15) is 0 Å². The topological polar surface area (TPSA) is 40.5 Å². The molecule has 0 radical (unpaired) electrons. The lowest BCUT2D eigenvalue weighted by atomic mass is 9.66. The Labute approximate surface area is 217 Å². The first-order valence-electron chi connectivity index (χ1n) is 14.6. The smallest absolute Gasteiger partial charge is 0.0864 e. The Balaban J connectivity index is 1.56. The maximum Gasteiger partial charge on any atom is 0.0864 e. The van der Waals surface area contributed by atoms with Gasteiger partial charge in [0.2, 0.25) is 0 Å². The Hall–Kier alpha value is -1.38. The van der Waals surface area contributed by atoms with Crippen LogP contribution in [0.4, 0.5) is 0 Å². The molecule has 0 amide bonds. The summed E-state index contributed by atoms with van der Waals surface area (Å²) in [5.74, 6) is 2.72. The zero-order valence-electron chi connectivity index (χ0n) is 23.1. The molecule has 2 aliphatic rings. The summed E-state index contributed by atoms with van der Waals surface area (Å²) in [6, 6.07) is 0. The van der Waals surface area contributed by atoms with Crippen molar-refractivity contribution in [3.8, 4) is 0 Å². The number of hydrogen-bond acceptors (Lipinski definition) is 2. The van der Waals surface area contributed by atoms with E-state index in [0.29, 0.717) is 17.8 Å². The molecule has 0 saturated heterocycles. The van der Waals surface area contributed by atoms with Crippen LogP contribution in [0.1, 0.15) is 105 Å². The van der Waals surface area contributed by atoms with Crippen LogP contribution >= 0.6 is 0 Å². The van der Waals surface area contributed by atoms with E-state index in [9.17, 15) is 10.2 Å². The molecule has 0 spiro atoms. The van der Waals surface area contributed by atoms with E-state index in [1.54, 1.807) is 0 Å². The van der Waals surface area contributed by atoms with Gasteiger partial charge < -0.3 is 10.2 Å². The van der Waals surface area contributed by atoms with Crippen molar-refractivity contribution in [2.24, 2.45) is 29.6 Å². The van der Waals surface area contributed by atoms with E-state index in [0.717, 1.165) is 57.3 Å². The lowest BCUT2D eigenvalue weighted by molar-refractivity contribution is -0.0586. The second kappa shape index (κ2) is 17.1. The van der Waals surface area contributed by atoms with Gasteiger partial charge in [0.25, 0.3) is 0 Å². The minimum atomic E-state index is -0.563. The Morgan fingerprint density at radius 1 is 0.886 bits per heavy atom. The summed E-state index contributed by atoms with van der Waals surface area (Å²) >= 11 is 0. The van der Waals surface area contributed by atoms with Crippen molar-refractivity contribution in [3.05, 3.63) is 60.3 Å². The summed E-state index contributed by atoms with van der Waals surface area (Å²) in [6.45, 7) is 9.10. The fourth-order valence-corrected chi connectivity index (χ4v) is 5.68. The van der Waals surface area contributed by atoms with Gasteiger partial charge >= 0.3 is 0 Å². The molecule has 198 valence electrons. The first-order valence-corrected chi connectivity index (χ1v) is 14.6. The van der Waals surface area contributed by atoms with Gasteiger partial charge in [-0.05, 0) is 108 Å². The molecule has 35 heavy (non-hydrogen) atoms. The Kier molecular flexibility index (Phi) is 14.6. The van der Waals surface area contributed by atoms with E-state index >= 15 is 0 Å². The summed E-state index contributed by atoms with van der Waals surface area (Å²) in [4.78, 5) is 0. The van der Waals surface area contributed by atoms with Crippen molar-refractivity contribution in [2.75, 3.05) is 0 Å². The number of hydrogen-bond donors (Lipinski definition) is 2. The van der Waals surface area contributed by atoms with Crippen molar-refractivity contribution in [2.45, 2.75) is 117 Å². The lowest BCUT2D eigenvalue weighted by Crippen LogP contribution is -2.43. The van der Waals surface area contributed by atoms with Gasteiger partial charge in [-0.15, -0.1) is 0 Å². The van der Waals surface area contributed by atoms with Crippen LogP contribution in [0.15, 0.2) is 60.3 Å². The minimum absolute atomic E-state index is 0.168. The van der Waals surface area contributed by atoms with Crippen molar-refractivity contribution in [1.82, 2.24) is 0 Å². The summed E-state index contributed by atoms with van der Waals surface area (Å²) in [6.07, 6.45) is 33.4. The van der Waals surface area contributed by atoms with Crippen LogP contribution in [-0.4, -0.2) is 22.4 Å².